The van der Waals surface area contributed by atoms with Gasteiger partial charge in [-0.05, 0) is 132 Å². The second-order valence-corrected chi connectivity index (χ2v) is 13.9. The van der Waals surface area contributed by atoms with Gasteiger partial charge in [0, 0.05) is 5.92 Å². The molecule has 12 rings (SSSR count). The average Bonchev–Trinajstić information content (AvgIpc) is 3.66. The maximum absolute atomic E-state index is 2.52. The van der Waals surface area contributed by atoms with Gasteiger partial charge in [-0.3, -0.25) is 0 Å². The maximum Gasteiger partial charge on any atom is 0.00682 e. The highest BCUT2D eigenvalue weighted by Crippen LogP contribution is 2.54. The minimum Gasteiger partial charge on any atom is -0.0766 e. The van der Waals surface area contributed by atoms with E-state index in [1.807, 2.05) is 0 Å². The molecule has 0 aromatic heterocycles. The fourth-order valence-electron chi connectivity index (χ4n) is 9.72. The molecule has 0 amide bonds. The van der Waals surface area contributed by atoms with Gasteiger partial charge in [-0.2, -0.15) is 0 Å². The Balaban J connectivity index is 1.33. The minimum atomic E-state index is 0.455. The lowest BCUT2D eigenvalue weighted by Crippen LogP contribution is -2.22. The molecule has 0 bridgehead atoms. The van der Waals surface area contributed by atoms with Gasteiger partial charge in [0.2, 0.25) is 0 Å². The lowest BCUT2D eigenvalue weighted by molar-refractivity contribution is 0.877. The summed E-state index contributed by atoms with van der Waals surface area (Å²) >= 11 is 0. The van der Waals surface area contributed by atoms with Crippen molar-refractivity contribution in [1.82, 2.24) is 0 Å². The summed E-state index contributed by atoms with van der Waals surface area (Å²) in [6.45, 7) is 0. The Labute approximate surface area is 276 Å². The third-order valence-corrected chi connectivity index (χ3v) is 11.6. The molecule has 0 spiro atoms. The van der Waals surface area contributed by atoms with Crippen LogP contribution >= 0.6 is 0 Å². The Morgan fingerprint density at radius 1 is 0.438 bits per heavy atom. The quantitative estimate of drug-likeness (QED) is 0.184. The van der Waals surface area contributed by atoms with Crippen LogP contribution in [0.2, 0.25) is 0 Å². The van der Waals surface area contributed by atoms with Crippen LogP contribution in [0.25, 0.3) is 110 Å². The van der Waals surface area contributed by atoms with E-state index in [2.05, 4.69) is 152 Å². The van der Waals surface area contributed by atoms with Crippen molar-refractivity contribution in [3.05, 3.63) is 156 Å². The Hall–Kier alpha value is -5.98. The van der Waals surface area contributed by atoms with Gasteiger partial charge < -0.3 is 0 Å². The largest absolute Gasteiger partial charge is 0.0766 e. The Morgan fingerprint density at radius 2 is 1.17 bits per heavy atom. The normalized spacial score (nSPS) is 15.5. The monoisotopic (exact) mass is 604 g/mol. The first-order valence-electron chi connectivity index (χ1n) is 17.1. The summed E-state index contributed by atoms with van der Waals surface area (Å²) in [7, 11) is 0. The number of benzene rings is 8. The Bertz CT molecular complexity index is 3170. The Morgan fingerprint density at radius 3 is 2.04 bits per heavy atom. The van der Waals surface area contributed by atoms with Gasteiger partial charge in [0.05, 0.1) is 0 Å². The molecular weight excluding hydrogens is 577 g/mol. The van der Waals surface area contributed by atoms with Gasteiger partial charge in [0.1, 0.15) is 0 Å². The number of rotatable bonds is 2. The average molecular weight is 605 g/mol. The molecule has 48 heavy (non-hydrogen) atoms. The molecule has 2 aliphatic carbocycles. The third kappa shape index (κ3) is 3.02. The van der Waals surface area contributed by atoms with E-state index in [4.69, 9.17) is 0 Å². The summed E-state index contributed by atoms with van der Waals surface area (Å²) < 4.78 is 0. The molecule has 0 fully saturated rings. The van der Waals surface area contributed by atoms with E-state index in [1.54, 1.807) is 0 Å². The van der Waals surface area contributed by atoms with Crippen molar-refractivity contribution in [2.24, 2.45) is 0 Å². The van der Waals surface area contributed by atoms with Crippen molar-refractivity contribution < 1.29 is 0 Å². The van der Waals surface area contributed by atoms with Crippen LogP contribution in [0.1, 0.15) is 17.9 Å². The van der Waals surface area contributed by atoms with Crippen LogP contribution in [0.3, 0.4) is 0 Å². The van der Waals surface area contributed by atoms with Crippen LogP contribution in [-0.4, -0.2) is 0 Å². The third-order valence-electron chi connectivity index (χ3n) is 11.6. The highest BCUT2D eigenvalue weighted by atomic mass is 14.3. The summed E-state index contributed by atoms with van der Waals surface area (Å²) in [6.07, 6.45) is 10.4. The van der Waals surface area contributed by atoms with Crippen molar-refractivity contribution >= 4 is 87.6 Å². The smallest absolute Gasteiger partial charge is 0.00682 e. The molecule has 0 saturated heterocycles. The molecule has 10 aromatic rings. The van der Waals surface area contributed by atoms with Gasteiger partial charge in [0.25, 0.3) is 0 Å². The summed E-state index contributed by atoms with van der Waals surface area (Å²) in [5.74, 6) is 0.455. The first kappa shape index (κ1) is 25.2. The molecule has 10 aromatic carbocycles. The SMILES string of the molecule is C1=CC2CC=c3ccc(-c4cc5c(-c6ccccc6)c6c7cccc8cccc(c87)c6c6c7ccccc7c(c4)c56)c4ccc(c2c34)=C1. The lowest BCUT2D eigenvalue weighted by atomic mass is 9.80. The zero-order valence-electron chi connectivity index (χ0n) is 26.2. The highest BCUT2D eigenvalue weighted by molar-refractivity contribution is 6.48. The molecule has 0 radical (unpaired) electrons. The number of hydrogen-bond acceptors (Lipinski definition) is 0. The molecule has 0 N–H and O–H groups in total. The fraction of sp³-hybridized carbons (Fsp3) is 0.0417. The van der Waals surface area contributed by atoms with Crippen LogP contribution in [0.4, 0.5) is 0 Å². The van der Waals surface area contributed by atoms with Gasteiger partial charge in [-0.15, -0.1) is 0 Å². The van der Waals surface area contributed by atoms with Crippen LogP contribution in [-0.2, 0) is 0 Å². The van der Waals surface area contributed by atoms with Crippen molar-refractivity contribution in [3.8, 4) is 22.3 Å². The standard InChI is InChI=1S/C48H28/c1-2-9-28(10-3-1)44-40-26-32(33-23-21-31-20-19-29-11-6-12-30-22-24-36(33)43(31)41(29)30)25-39-34-15-4-5-16-35(34)46(45(39)40)48-38-18-8-14-27-13-7-17-37(42(27)38)47(44)48/h1-18,20-26,29H,19H2. The van der Waals surface area contributed by atoms with Crippen molar-refractivity contribution in [2.45, 2.75) is 12.3 Å². The van der Waals surface area contributed by atoms with Crippen LogP contribution in [0.5, 0.6) is 0 Å². The predicted octanol–water partition coefficient (Wildman–Crippen LogP) is 11.6. The number of hydrogen-bond donors (Lipinski definition) is 0. The van der Waals surface area contributed by atoms with E-state index >= 15 is 0 Å². The van der Waals surface area contributed by atoms with E-state index in [-0.39, 0.29) is 0 Å². The molecule has 2 aliphatic rings. The highest BCUT2D eigenvalue weighted by Gasteiger charge is 2.26. The summed E-state index contributed by atoms with van der Waals surface area (Å²) in [5, 5.41) is 21.8. The second kappa shape index (κ2) is 8.88. The van der Waals surface area contributed by atoms with Crippen molar-refractivity contribution in [2.75, 3.05) is 0 Å². The van der Waals surface area contributed by atoms with Crippen LogP contribution in [0, 0.1) is 0 Å². The van der Waals surface area contributed by atoms with Gasteiger partial charge in [-0.1, -0.05) is 140 Å². The van der Waals surface area contributed by atoms with Crippen molar-refractivity contribution in [3.63, 3.8) is 0 Å². The molecule has 0 heteroatoms. The molecular formula is C48H28. The first-order chi connectivity index (χ1) is 23.8. The fourth-order valence-corrected chi connectivity index (χ4v) is 9.72. The maximum atomic E-state index is 2.52. The van der Waals surface area contributed by atoms with E-state index in [0.717, 1.165) is 6.42 Å². The van der Waals surface area contributed by atoms with E-state index in [1.165, 1.54) is 114 Å². The minimum absolute atomic E-state index is 0.455. The number of allylic oxidation sites excluding steroid dienone is 2. The molecule has 1 unspecified atom stereocenters. The van der Waals surface area contributed by atoms with E-state index in [0.29, 0.717) is 5.92 Å². The molecule has 0 saturated carbocycles. The summed E-state index contributed by atoms with van der Waals surface area (Å²) in [5.41, 5.74) is 6.72. The van der Waals surface area contributed by atoms with Gasteiger partial charge in [0.15, 0.2) is 0 Å². The van der Waals surface area contributed by atoms with Crippen LogP contribution < -0.4 is 10.4 Å². The zero-order valence-corrected chi connectivity index (χ0v) is 26.2. The first-order valence-corrected chi connectivity index (χ1v) is 17.1. The summed E-state index contributed by atoms with van der Waals surface area (Å²) in [6, 6.07) is 48.4. The summed E-state index contributed by atoms with van der Waals surface area (Å²) in [4.78, 5) is 0. The second-order valence-electron chi connectivity index (χ2n) is 13.9. The van der Waals surface area contributed by atoms with Crippen LogP contribution in [0.15, 0.2) is 140 Å². The topological polar surface area (TPSA) is 0 Å². The molecule has 0 heterocycles. The van der Waals surface area contributed by atoms with E-state index in [9.17, 15) is 0 Å². The molecule has 1 atom stereocenters. The lowest BCUT2D eigenvalue weighted by Gasteiger charge is -2.23. The van der Waals surface area contributed by atoms with Crippen molar-refractivity contribution in [1.29, 1.82) is 0 Å². The van der Waals surface area contributed by atoms with Gasteiger partial charge in [-0.25, -0.2) is 0 Å². The Kier molecular flexibility index (Phi) is 4.65. The predicted molar refractivity (Wildman–Crippen MR) is 207 cm³/mol. The zero-order chi connectivity index (χ0) is 31.1. The molecule has 220 valence electrons. The molecule has 0 nitrogen and oxygen atoms in total. The number of fused-ring (bicyclic) bond motifs is 7. The molecule has 0 aliphatic heterocycles. The van der Waals surface area contributed by atoms with E-state index < -0.39 is 0 Å². The van der Waals surface area contributed by atoms with Gasteiger partial charge >= 0.3 is 0 Å².